The molecular formula is C23H24F2N4O2. The highest BCUT2D eigenvalue weighted by Crippen LogP contribution is 2.20. The number of piperidine rings is 1. The van der Waals surface area contributed by atoms with Crippen LogP contribution in [0.3, 0.4) is 0 Å². The number of nitrogens with one attached hydrogen (secondary N) is 1. The molecule has 162 valence electrons. The Morgan fingerprint density at radius 2 is 1.90 bits per heavy atom. The SMILES string of the molecule is COc1ccc(CN2CCC(NC(=O)c3ccn(-c4ccccc4F)n3)CC2)cc1F. The van der Waals surface area contributed by atoms with E-state index in [1.165, 1.54) is 23.9 Å². The normalized spacial score (nSPS) is 15.1. The zero-order valence-electron chi connectivity index (χ0n) is 17.2. The summed E-state index contributed by atoms with van der Waals surface area (Å²) in [6.07, 6.45) is 3.15. The van der Waals surface area contributed by atoms with Crippen LogP contribution in [0.2, 0.25) is 0 Å². The fraction of sp³-hybridized carbons (Fsp3) is 0.304. The minimum Gasteiger partial charge on any atom is -0.494 e. The van der Waals surface area contributed by atoms with Crippen LogP contribution in [0, 0.1) is 11.6 Å². The summed E-state index contributed by atoms with van der Waals surface area (Å²) in [7, 11) is 1.45. The van der Waals surface area contributed by atoms with E-state index in [1.54, 1.807) is 36.5 Å². The Labute approximate surface area is 179 Å². The van der Waals surface area contributed by atoms with Gasteiger partial charge in [0.15, 0.2) is 17.3 Å². The molecular weight excluding hydrogens is 402 g/mol. The number of methoxy groups -OCH3 is 1. The summed E-state index contributed by atoms with van der Waals surface area (Å²) in [6.45, 7) is 2.24. The van der Waals surface area contributed by atoms with Gasteiger partial charge in [0.2, 0.25) is 0 Å². The third-order valence-electron chi connectivity index (χ3n) is 5.47. The summed E-state index contributed by atoms with van der Waals surface area (Å²) < 4.78 is 34.1. The molecule has 1 aromatic heterocycles. The van der Waals surface area contributed by atoms with Gasteiger partial charge in [-0.2, -0.15) is 5.10 Å². The second-order valence-electron chi connectivity index (χ2n) is 7.59. The van der Waals surface area contributed by atoms with Gasteiger partial charge in [-0.15, -0.1) is 0 Å². The number of rotatable bonds is 6. The molecule has 1 amide bonds. The molecule has 1 saturated heterocycles. The van der Waals surface area contributed by atoms with E-state index in [4.69, 9.17) is 4.74 Å². The minimum atomic E-state index is -0.401. The second-order valence-corrected chi connectivity index (χ2v) is 7.59. The summed E-state index contributed by atoms with van der Waals surface area (Å²) in [5.74, 6) is -0.799. The highest BCUT2D eigenvalue weighted by atomic mass is 19.1. The van der Waals surface area contributed by atoms with E-state index in [0.717, 1.165) is 31.5 Å². The first-order chi connectivity index (χ1) is 15.0. The van der Waals surface area contributed by atoms with Gasteiger partial charge in [-0.25, -0.2) is 13.5 Å². The number of para-hydroxylation sites is 1. The number of ether oxygens (including phenoxy) is 1. The number of nitrogens with zero attached hydrogens (tertiary/aromatic N) is 3. The molecule has 1 aliphatic heterocycles. The monoisotopic (exact) mass is 426 g/mol. The van der Waals surface area contributed by atoms with Crippen LogP contribution in [-0.2, 0) is 6.54 Å². The number of carbonyl (C=O) groups is 1. The molecule has 2 heterocycles. The summed E-state index contributed by atoms with van der Waals surface area (Å²) >= 11 is 0. The van der Waals surface area contributed by atoms with Gasteiger partial charge in [0.25, 0.3) is 5.91 Å². The maximum atomic E-state index is 13.9. The Kier molecular flexibility index (Phi) is 6.27. The standard InChI is InChI=1S/C23H24F2N4O2/c1-31-22-7-6-16(14-19(22)25)15-28-11-8-17(9-12-28)26-23(30)20-10-13-29(27-20)21-5-3-2-4-18(21)24/h2-7,10,13-14,17H,8-9,11-12,15H2,1H3,(H,26,30). The number of benzene rings is 2. The van der Waals surface area contributed by atoms with E-state index in [9.17, 15) is 13.6 Å². The molecule has 3 aromatic rings. The van der Waals surface area contributed by atoms with E-state index in [0.29, 0.717) is 12.2 Å². The van der Waals surface area contributed by atoms with Gasteiger partial charge in [-0.1, -0.05) is 18.2 Å². The molecule has 4 rings (SSSR count). The van der Waals surface area contributed by atoms with Gasteiger partial charge in [0.1, 0.15) is 11.5 Å². The van der Waals surface area contributed by atoms with Crippen molar-refractivity contribution < 1.29 is 18.3 Å². The molecule has 1 N–H and O–H groups in total. The van der Waals surface area contributed by atoms with E-state index in [2.05, 4.69) is 15.3 Å². The number of aromatic nitrogens is 2. The van der Waals surface area contributed by atoms with Gasteiger partial charge in [0.05, 0.1) is 7.11 Å². The predicted octanol–water partition coefficient (Wildman–Crippen LogP) is 3.55. The van der Waals surface area contributed by atoms with Gasteiger partial charge < -0.3 is 10.1 Å². The van der Waals surface area contributed by atoms with E-state index >= 15 is 0 Å². The van der Waals surface area contributed by atoms with Crippen molar-refractivity contribution >= 4 is 5.91 Å². The lowest BCUT2D eigenvalue weighted by molar-refractivity contribution is 0.0903. The number of hydrogen-bond acceptors (Lipinski definition) is 4. The fourth-order valence-corrected chi connectivity index (χ4v) is 3.78. The van der Waals surface area contributed by atoms with Crippen LogP contribution in [0.4, 0.5) is 8.78 Å². The molecule has 1 aliphatic rings. The molecule has 31 heavy (non-hydrogen) atoms. The largest absolute Gasteiger partial charge is 0.494 e. The van der Waals surface area contributed by atoms with E-state index in [1.807, 2.05) is 6.07 Å². The van der Waals surface area contributed by atoms with Crippen molar-refractivity contribution in [3.8, 4) is 11.4 Å². The molecule has 2 aromatic carbocycles. The van der Waals surface area contributed by atoms with Crippen LogP contribution in [0.1, 0.15) is 28.9 Å². The molecule has 1 fully saturated rings. The van der Waals surface area contributed by atoms with Crippen LogP contribution in [0.25, 0.3) is 5.69 Å². The van der Waals surface area contributed by atoms with Crippen molar-refractivity contribution in [2.45, 2.75) is 25.4 Å². The van der Waals surface area contributed by atoms with Crippen LogP contribution in [0.15, 0.2) is 54.7 Å². The Bertz CT molecular complexity index is 1060. The number of amides is 1. The highest BCUT2D eigenvalue weighted by molar-refractivity contribution is 5.92. The summed E-state index contributed by atoms with van der Waals surface area (Å²) in [6, 6.07) is 12.9. The van der Waals surface area contributed by atoms with Crippen LogP contribution < -0.4 is 10.1 Å². The highest BCUT2D eigenvalue weighted by Gasteiger charge is 2.22. The predicted molar refractivity (Wildman–Crippen MR) is 112 cm³/mol. The average molecular weight is 426 g/mol. The van der Waals surface area contributed by atoms with E-state index in [-0.39, 0.29) is 29.2 Å². The molecule has 8 heteroatoms. The molecule has 0 unspecified atom stereocenters. The fourth-order valence-electron chi connectivity index (χ4n) is 3.78. The first-order valence-electron chi connectivity index (χ1n) is 10.2. The maximum Gasteiger partial charge on any atom is 0.272 e. The molecule has 0 atom stereocenters. The summed E-state index contributed by atoms with van der Waals surface area (Å²) in [4.78, 5) is 14.8. The molecule has 0 saturated carbocycles. The van der Waals surface area contributed by atoms with Crippen molar-refractivity contribution in [1.82, 2.24) is 20.0 Å². The second kappa shape index (κ2) is 9.26. The zero-order valence-corrected chi connectivity index (χ0v) is 17.2. The van der Waals surface area contributed by atoms with Crippen molar-refractivity contribution in [2.24, 2.45) is 0 Å². The van der Waals surface area contributed by atoms with Crippen molar-refractivity contribution in [1.29, 1.82) is 0 Å². The summed E-state index contributed by atoms with van der Waals surface area (Å²) in [5, 5.41) is 7.22. The van der Waals surface area contributed by atoms with Gasteiger partial charge in [-0.05, 0) is 48.7 Å². The Morgan fingerprint density at radius 3 is 2.61 bits per heavy atom. The van der Waals surface area contributed by atoms with Gasteiger partial charge >= 0.3 is 0 Å². The number of halogens is 2. The number of hydrogen-bond donors (Lipinski definition) is 1. The Balaban J connectivity index is 1.29. The third kappa shape index (κ3) is 4.91. The van der Waals surface area contributed by atoms with Crippen LogP contribution >= 0.6 is 0 Å². The van der Waals surface area contributed by atoms with Crippen molar-refractivity contribution in [3.63, 3.8) is 0 Å². The first-order valence-corrected chi connectivity index (χ1v) is 10.2. The lowest BCUT2D eigenvalue weighted by Gasteiger charge is -2.32. The number of carbonyl (C=O) groups excluding carboxylic acids is 1. The molecule has 0 bridgehead atoms. The van der Waals surface area contributed by atoms with E-state index < -0.39 is 5.82 Å². The third-order valence-corrected chi connectivity index (χ3v) is 5.47. The topological polar surface area (TPSA) is 59.4 Å². The van der Waals surface area contributed by atoms with Crippen molar-refractivity contribution in [3.05, 3.63) is 77.6 Å². The number of likely N-dealkylation sites (tertiary alicyclic amines) is 1. The molecule has 6 nitrogen and oxygen atoms in total. The maximum absolute atomic E-state index is 13.9. The van der Waals surface area contributed by atoms with Crippen molar-refractivity contribution in [2.75, 3.05) is 20.2 Å². The lowest BCUT2D eigenvalue weighted by atomic mass is 10.0. The minimum absolute atomic E-state index is 0.0370. The van der Waals surface area contributed by atoms with Gasteiger partial charge in [0, 0.05) is 31.9 Å². The molecule has 0 spiro atoms. The van der Waals surface area contributed by atoms with Crippen LogP contribution in [-0.4, -0.2) is 46.8 Å². The molecule has 0 radical (unpaired) electrons. The lowest BCUT2D eigenvalue weighted by Crippen LogP contribution is -2.44. The average Bonchev–Trinajstić information content (AvgIpc) is 3.26. The Morgan fingerprint density at radius 1 is 1.13 bits per heavy atom. The first kappa shape index (κ1) is 21.0. The summed E-state index contributed by atoms with van der Waals surface area (Å²) in [5.41, 5.74) is 1.43. The zero-order chi connectivity index (χ0) is 21.8. The Hall–Kier alpha value is -3.26. The van der Waals surface area contributed by atoms with Gasteiger partial charge in [-0.3, -0.25) is 9.69 Å². The molecule has 0 aliphatic carbocycles. The smallest absolute Gasteiger partial charge is 0.272 e. The quantitative estimate of drug-likeness (QED) is 0.655. The van der Waals surface area contributed by atoms with Crippen LogP contribution in [0.5, 0.6) is 5.75 Å².